The first kappa shape index (κ1) is 18.7. The zero-order chi connectivity index (χ0) is 19.4. The van der Waals surface area contributed by atoms with Crippen molar-refractivity contribution in [3.8, 4) is 17.2 Å². The molecule has 4 nitrogen and oxygen atoms in total. The molecule has 4 heteroatoms. The third-order valence-corrected chi connectivity index (χ3v) is 5.29. The van der Waals surface area contributed by atoms with Crippen molar-refractivity contribution in [1.29, 1.82) is 5.26 Å². The molecule has 0 radical (unpaired) electrons. The molecular weight excluding hydrogens is 334 g/mol. The predicted molar refractivity (Wildman–Crippen MR) is 109 cm³/mol. The summed E-state index contributed by atoms with van der Waals surface area (Å²) in [4.78, 5) is 11.7. The van der Waals surface area contributed by atoms with Crippen molar-refractivity contribution >= 4 is 12.0 Å². The van der Waals surface area contributed by atoms with Crippen LogP contribution in [-0.2, 0) is 4.79 Å². The Labute approximate surface area is 161 Å². The predicted octanol–water partition coefficient (Wildman–Crippen LogP) is 4.92. The number of hydrogen-bond donors (Lipinski definition) is 0. The number of rotatable bonds is 6. The molecule has 0 amide bonds. The quantitative estimate of drug-likeness (QED) is 0.687. The number of carbonyl (C=O) groups is 1. The topological polar surface area (TPSA) is 47.3 Å². The Hall–Kier alpha value is -3.06. The van der Waals surface area contributed by atoms with E-state index in [1.54, 1.807) is 0 Å². The van der Waals surface area contributed by atoms with Gasteiger partial charge in [0.2, 0.25) is 0 Å². The Morgan fingerprint density at radius 1 is 1.15 bits per heavy atom. The summed E-state index contributed by atoms with van der Waals surface area (Å²) in [5.74, 6) is 0. The van der Waals surface area contributed by atoms with Crippen LogP contribution in [0.2, 0.25) is 0 Å². The molecule has 2 aromatic rings. The molecule has 1 aliphatic heterocycles. The Balaban J connectivity index is 2.07. The number of hydrazine groups is 1. The maximum atomic E-state index is 11.7. The van der Waals surface area contributed by atoms with Crippen molar-refractivity contribution in [2.24, 2.45) is 0 Å². The summed E-state index contributed by atoms with van der Waals surface area (Å²) in [5, 5.41) is 13.3. The average molecular weight is 359 g/mol. The van der Waals surface area contributed by atoms with E-state index in [1.165, 1.54) is 0 Å². The van der Waals surface area contributed by atoms with Crippen LogP contribution in [0.3, 0.4) is 0 Å². The van der Waals surface area contributed by atoms with E-state index in [9.17, 15) is 4.79 Å². The lowest BCUT2D eigenvalue weighted by atomic mass is 9.98. The van der Waals surface area contributed by atoms with Crippen molar-refractivity contribution in [2.75, 3.05) is 12.1 Å². The number of aldehydes is 1. The summed E-state index contributed by atoms with van der Waals surface area (Å²) in [7, 11) is 1.95. The minimum absolute atomic E-state index is 0.176. The van der Waals surface area contributed by atoms with Crippen LogP contribution in [0, 0.1) is 11.3 Å². The van der Waals surface area contributed by atoms with Gasteiger partial charge in [-0.1, -0.05) is 50.1 Å². The molecule has 0 saturated heterocycles. The van der Waals surface area contributed by atoms with Crippen LogP contribution in [-0.4, -0.2) is 24.4 Å². The minimum Gasteiger partial charge on any atom is -0.296 e. The van der Waals surface area contributed by atoms with Crippen LogP contribution < -0.4 is 5.01 Å². The highest BCUT2D eigenvalue weighted by atomic mass is 16.1. The fourth-order valence-electron chi connectivity index (χ4n) is 3.81. The third-order valence-electron chi connectivity index (χ3n) is 5.29. The zero-order valence-corrected chi connectivity index (χ0v) is 16.1. The van der Waals surface area contributed by atoms with Crippen molar-refractivity contribution in [3.63, 3.8) is 0 Å². The fourth-order valence-corrected chi connectivity index (χ4v) is 3.81. The monoisotopic (exact) mass is 359 g/mol. The summed E-state index contributed by atoms with van der Waals surface area (Å²) < 4.78 is 0. The molecule has 0 bridgehead atoms. The molecule has 1 heterocycles. The second kappa shape index (κ2) is 8.09. The van der Waals surface area contributed by atoms with E-state index in [0.717, 1.165) is 53.6 Å². The van der Waals surface area contributed by atoms with E-state index in [1.807, 2.05) is 48.5 Å². The van der Waals surface area contributed by atoms with Crippen LogP contribution in [0.25, 0.3) is 11.1 Å². The Bertz CT molecular complexity index is 893. The van der Waals surface area contributed by atoms with E-state index in [-0.39, 0.29) is 6.04 Å². The van der Waals surface area contributed by atoms with Crippen molar-refractivity contribution < 1.29 is 4.79 Å². The summed E-state index contributed by atoms with van der Waals surface area (Å²) >= 11 is 0. The maximum Gasteiger partial charge on any atom is 0.167 e. The molecule has 2 aromatic carbocycles. The molecule has 0 aromatic heterocycles. The largest absolute Gasteiger partial charge is 0.296 e. The maximum absolute atomic E-state index is 11.7. The molecule has 0 saturated carbocycles. The molecule has 27 heavy (non-hydrogen) atoms. The Morgan fingerprint density at radius 2 is 1.85 bits per heavy atom. The van der Waals surface area contributed by atoms with Gasteiger partial charge in [0.05, 0.1) is 29.1 Å². The van der Waals surface area contributed by atoms with Gasteiger partial charge < -0.3 is 0 Å². The van der Waals surface area contributed by atoms with Gasteiger partial charge in [-0.15, -0.1) is 0 Å². The summed E-state index contributed by atoms with van der Waals surface area (Å²) in [6.07, 6.45) is 4.19. The molecule has 3 rings (SSSR count). The standard InChI is InChI=1S/C23H25N3O/c1-4-5-9-21-17(2)23(16-27)25(3)26(21)22-10-7-6-8-20(22)19-13-11-18(15-24)12-14-19/h6-8,10-14,16,21H,4-5,9H2,1-3H3. The van der Waals surface area contributed by atoms with E-state index in [4.69, 9.17) is 5.26 Å². The highest BCUT2D eigenvalue weighted by Crippen LogP contribution is 2.39. The summed E-state index contributed by atoms with van der Waals surface area (Å²) in [6, 6.07) is 18.2. The van der Waals surface area contributed by atoms with Crippen LogP contribution in [0.4, 0.5) is 5.69 Å². The fraction of sp³-hybridized carbons (Fsp3) is 0.304. The van der Waals surface area contributed by atoms with Crippen LogP contribution >= 0.6 is 0 Å². The van der Waals surface area contributed by atoms with Crippen LogP contribution in [0.5, 0.6) is 0 Å². The lowest BCUT2D eigenvalue weighted by Gasteiger charge is -2.36. The van der Waals surface area contributed by atoms with Gasteiger partial charge in [-0.05, 0) is 42.7 Å². The van der Waals surface area contributed by atoms with Gasteiger partial charge in [0.25, 0.3) is 0 Å². The van der Waals surface area contributed by atoms with Gasteiger partial charge >= 0.3 is 0 Å². The van der Waals surface area contributed by atoms with Gasteiger partial charge in [0.1, 0.15) is 0 Å². The van der Waals surface area contributed by atoms with E-state index in [0.29, 0.717) is 5.56 Å². The van der Waals surface area contributed by atoms with Crippen LogP contribution in [0.1, 0.15) is 38.7 Å². The number of anilines is 1. The summed E-state index contributed by atoms with van der Waals surface area (Å²) in [6.45, 7) is 4.25. The first-order valence-electron chi connectivity index (χ1n) is 9.40. The number of carbonyl (C=O) groups excluding carboxylic acids is 1. The van der Waals surface area contributed by atoms with E-state index in [2.05, 4.69) is 37.1 Å². The van der Waals surface area contributed by atoms with Gasteiger partial charge in [0.15, 0.2) is 6.29 Å². The molecule has 1 aliphatic rings. The highest BCUT2D eigenvalue weighted by Gasteiger charge is 2.35. The van der Waals surface area contributed by atoms with Gasteiger partial charge in [-0.25, -0.2) is 0 Å². The van der Waals surface area contributed by atoms with E-state index >= 15 is 0 Å². The Morgan fingerprint density at radius 3 is 2.48 bits per heavy atom. The average Bonchev–Trinajstić information content (AvgIpc) is 2.95. The molecular formula is C23H25N3O. The lowest BCUT2D eigenvalue weighted by molar-refractivity contribution is -0.106. The lowest BCUT2D eigenvalue weighted by Crippen LogP contribution is -2.41. The highest BCUT2D eigenvalue weighted by molar-refractivity contribution is 5.82. The number of hydrogen-bond acceptors (Lipinski definition) is 4. The van der Waals surface area contributed by atoms with E-state index < -0.39 is 0 Å². The second-order valence-corrected chi connectivity index (χ2v) is 6.92. The van der Waals surface area contributed by atoms with Crippen LogP contribution in [0.15, 0.2) is 59.8 Å². The number of allylic oxidation sites excluding steroid dienone is 1. The zero-order valence-electron chi connectivity index (χ0n) is 16.1. The van der Waals surface area contributed by atoms with Crippen molar-refractivity contribution in [3.05, 3.63) is 65.4 Å². The number of benzene rings is 2. The molecule has 0 N–H and O–H groups in total. The van der Waals surface area contributed by atoms with Crippen molar-refractivity contribution in [1.82, 2.24) is 5.01 Å². The van der Waals surface area contributed by atoms with Gasteiger partial charge in [-0.3, -0.25) is 14.8 Å². The summed E-state index contributed by atoms with van der Waals surface area (Å²) in [5.41, 5.74) is 5.74. The third kappa shape index (κ3) is 3.46. The number of nitriles is 1. The van der Waals surface area contributed by atoms with Gasteiger partial charge in [-0.2, -0.15) is 5.26 Å². The normalized spacial score (nSPS) is 16.6. The molecule has 1 atom stereocenters. The number of para-hydroxylation sites is 1. The van der Waals surface area contributed by atoms with Crippen molar-refractivity contribution in [2.45, 2.75) is 39.2 Å². The number of likely N-dealkylation sites (N-methyl/N-ethyl adjacent to an activating group) is 1. The SMILES string of the molecule is CCCCC1C(C)=C(C=O)N(C)N1c1ccccc1-c1ccc(C#N)cc1. The minimum atomic E-state index is 0.176. The molecule has 0 fully saturated rings. The molecule has 0 spiro atoms. The smallest absolute Gasteiger partial charge is 0.167 e. The number of unbranched alkanes of at least 4 members (excludes halogenated alkanes) is 1. The molecule has 1 unspecified atom stereocenters. The molecule has 138 valence electrons. The Kier molecular flexibility index (Phi) is 5.61. The second-order valence-electron chi connectivity index (χ2n) is 6.92. The first-order valence-corrected chi connectivity index (χ1v) is 9.40. The van der Waals surface area contributed by atoms with Gasteiger partial charge in [0, 0.05) is 12.6 Å². The molecule has 0 aliphatic carbocycles. The first-order chi connectivity index (χ1) is 13.1. The number of nitrogens with zero attached hydrogens (tertiary/aromatic N) is 3.